The van der Waals surface area contributed by atoms with E-state index in [1.807, 2.05) is 200 Å². The van der Waals surface area contributed by atoms with Crippen LogP contribution in [0.3, 0.4) is 0 Å². The zero-order valence-corrected chi connectivity index (χ0v) is 106. The Balaban J connectivity index is -0.000000777. The molecule has 149 heavy (non-hydrogen) atoms. The van der Waals surface area contributed by atoms with Crippen molar-refractivity contribution in [3.8, 4) is 12.0 Å². The predicted octanol–water partition coefficient (Wildman–Crippen LogP) is 26.2. The van der Waals surface area contributed by atoms with Crippen molar-refractivity contribution in [1.82, 2.24) is 56.4 Å². The SMILES string of the molecule is CC(C)C#CNC(=O)C(C)C.CC(C)C(=O)N(C)CC(C)(C)C(C)C.CC(C)C(=O)NC1CC1C(C)C.CC(C)C(=O)NC1CCC(C(C)C)C1.CC(C)C(=O)NC1CCC1C(C)C.CC(C)C(=O)NC1CCCC1C(C)C.CC(C)CC(C)(C)N(C)C(=O)C(C)C.CC(C)CC1CCCN(C(=O)C(C)C)C1.CC(C)CC1CCN(C(=O)C(C)C)CC1.CC(C)CC1CN(C(=O)C(C)C)CCO1.CC(C)CCCNC(=O)C(C)C. The highest BCUT2D eigenvalue weighted by Gasteiger charge is 2.41. The number of amides is 11. The van der Waals surface area contributed by atoms with Crippen LogP contribution < -0.4 is 31.9 Å². The highest BCUT2D eigenvalue weighted by atomic mass is 16.5. The van der Waals surface area contributed by atoms with Crippen LogP contribution in [-0.4, -0.2) is 198 Å². The molecule has 7 rings (SSSR count). The first kappa shape index (κ1) is 149. The molecule has 6 N–H and O–H groups in total. The summed E-state index contributed by atoms with van der Waals surface area (Å²) in [7, 11) is 3.80. The van der Waals surface area contributed by atoms with Crippen LogP contribution in [0, 0.1) is 183 Å². The van der Waals surface area contributed by atoms with Gasteiger partial charge >= 0.3 is 0 Å². The Morgan fingerprint density at radius 1 is 0.362 bits per heavy atom. The molecule has 10 unspecified atom stereocenters. The summed E-state index contributed by atoms with van der Waals surface area (Å²) in [5, 5.41) is 17.9. The maximum atomic E-state index is 11.9. The lowest BCUT2D eigenvalue weighted by atomic mass is 9.72. The van der Waals surface area contributed by atoms with Gasteiger partial charge in [0.1, 0.15) is 0 Å². The van der Waals surface area contributed by atoms with Crippen LogP contribution in [0.25, 0.3) is 0 Å². The van der Waals surface area contributed by atoms with E-state index in [2.05, 4.69) is 215 Å². The molecule has 4 saturated carbocycles. The van der Waals surface area contributed by atoms with Gasteiger partial charge < -0.3 is 55.8 Å². The van der Waals surface area contributed by atoms with Gasteiger partial charge in [-0.25, -0.2) is 0 Å². The number of hydrogen-bond donors (Lipinski definition) is 6. The molecule has 3 aliphatic heterocycles. The minimum absolute atomic E-state index is 0.0106. The largest absolute Gasteiger partial charge is 0.375 e. The van der Waals surface area contributed by atoms with Crippen LogP contribution in [0.2, 0.25) is 0 Å². The lowest BCUT2D eigenvalue weighted by molar-refractivity contribution is -0.142. The third kappa shape index (κ3) is 68.6. The molecule has 7 fully saturated rings. The third-order valence-electron chi connectivity index (χ3n) is 29.8. The van der Waals surface area contributed by atoms with Gasteiger partial charge in [0.25, 0.3) is 0 Å². The summed E-state index contributed by atoms with van der Waals surface area (Å²) in [6.45, 7) is 108. The van der Waals surface area contributed by atoms with Gasteiger partial charge in [0, 0.05) is 173 Å². The van der Waals surface area contributed by atoms with E-state index in [0.717, 1.165) is 119 Å². The van der Waals surface area contributed by atoms with E-state index in [0.29, 0.717) is 95.8 Å². The molecule has 0 aromatic carbocycles. The number of likely N-dealkylation sites (tertiary alicyclic amines) is 2. The number of morpholine rings is 1. The van der Waals surface area contributed by atoms with E-state index in [-0.39, 0.29) is 135 Å². The van der Waals surface area contributed by atoms with Gasteiger partial charge in [-0.05, 0) is 230 Å². The average Bonchev–Trinajstić information content (AvgIpc) is 1.67. The van der Waals surface area contributed by atoms with E-state index < -0.39 is 0 Å². The number of carbonyl (C=O) groups excluding carboxylic acids is 11. The monoisotopic (exact) mass is 2100 g/mol. The highest BCUT2D eigenvalue weighted by Crippen LogP contribution is 2.39. The van der Waals surface area contributed by atoms with Crippen molar-refractivity contribution in [3.05, 3.63) is 0 Å². The number of carbonyl (C=O) groups is 11. The van der Waals surface area contributed by atoms with Crippen LogP contribution in [0.15, 0.2) is 0 Å². The van der Waals surface area contributed by atoms with E-state index in [1.165, 1.54) is 103 Å². The molecular weight excluding hydrogens is 1860 g/mol. The molecule has 11 amide bonds. The smallest absolute Gasteiger partial charge is 0.233 e. The number of piperidine rings is 2. The quantitative estimate of drug-likeness (QED) is 0.0196. The van der Waals surface area contributed by atoms with Crippen molar-refractivity contribution < 1.29 is 57.5 Å². The van der Waals surface area contributed by atoms with Crippen LogP contribution in [0.4, 0.5) is 0 Å². The van der Waals surface area contributed by atoms with Gasteiger partial charge in [-0.2, -0.15) is 0 Å². The van der Waals surface area contributed by atoms with E-state index in [9.17, 15) is 52.7 Å². The molecule has 876 valence electrons. The van der Waals surface area contributed by atoms with Crippen molar-refractivity contribution in [3.63, 3.8) is 0 Å². The molecule has 23 nitrogen and oxygen atoms in total. The zero-order valence-electron chi connectivity index (χ0n) is 106. The molecule has 3 saturated heterocycles. The van der Waals surface area contributed by atoms with Crippen molar-refractivity contribution >= 4 is 65.0 Å². The molecule has 3 heterocycles. The zero-order chi connectivity index (χ0) is 116. The van der Waals surface area contributed by atoms with Gasteiger partial charge in [0.2, 0.25) is 65.0 Å². The van der Waals surface area contributed by atoms with Gasteiger partial charge in [-0.3, -0.25) is 58.1 Å². The molecule has 10 atom stereocenters. The number of ether oxygens (including phenoxy) is 1. The molecule has 7 aliphatic rings. The fourth-order valence-electron chi connectivity index (χ4n) is 19.1. The summed E-state index contributed by atoms with van der Waals surface area (Å²) in [6, 6.07) is 4.42. The summed E-state index contributed by atoms with van der Waals surface area (Å²) in [4.78, 5) is 136. The highest BCUT2D eigenvalue weighted by molar-refractivity contribution is 5.82. The van der Waals surface area contributed by atoms with Crippen LogP contribution >= 0.6 is 0 Å². The van der Waals surface area contributed by atoms with Crippen LogP contribution in [0.5, 0.6) is 0 Å². The first-order valence-corrected chi connectivity index (χ1v) is 59.8. The normalized spacial score (nSPS) is 20.1. The molecule has 23 heteroatoms. The fourth-order valence-corrected chi connectivity index (χ4v) is 19.1. The lowest BCUT2D eigenvalue weighted by Crippen LogP contribution is -2.49. The van der Waals surface area contributed by atoms with Crippen molar-refractivity contribution in [2.45, 2.75) is 490 Å². The van der Waals surface area contributed by atoms with Gasteiger partial charge in [0.15, 0.2) is 0 Å². The molecule has 0 bridgehead atoms. The average molecular weight is 2110 g/mol. The second kappa shape index (κ2) is 77.9. The molecule has 0 aromatic rings. The lowest BCUT2D eigenvalue weighted by Gasteiger charge is -2.40. The molecular formula is C126H245N11O12. The fraction of sp³-hybridized carbons (Fsp3) is 0.897. The van der Waals surface area contributed by atoms with Crippen LogP contribution in [-0.2, 0) is 57.5 Å². The maximum Gasteiger partial charge on any atom is 0.233 e. The van der Waals surface area contributed by atoms with E-state index >= 15 is 0 Å². The Labute approximate surface area is 919 Å². The first-order chi connectivity index (χ1) is 68.5. The predicted molar refractivity (Wildman–Crippen MR) is 629 cm³/mol. The van der Waals surface area contributed by atoms with Gasteiger partial charge in [-0.1, -0.05) is 331 Å². The number of nitrogens with one attached hydrogen (secondary N) is 6. The first-order valence-electron chi connectivity index (χ1n) is 59.8. The minimum atomic E-state index is -0.0322. The minimum Gasteiger partial charge on any atom is -0.375 e. The summed E-state index contributed by atoms with van der Waals surface area (Å²) in [5.41, 5.74) is 0.162. The van der Waals surface area contributed by atoms with Crippen molar-refractivity contribution in [2.75, 3.05) is 73.1 Å². The molecule has 0 aromatic heterocycles. The van der Waals surface area contributed by atoms with Gasteiger partial charge in [0.05, 0.1) is 12.7 Å². The Bertz CT molecular complexity index is 3670. The Hall–Kier alpha value is -6.31. The van der Waals surface area contributed by atoms with Crippen LogP contribution in [0.1, 0.15) is 454 Å². The van der Waals surface area contributed by atoms with E-state index in [4.69, 9.17) is 4.74 Å². The number of nitrogens with zero attached hydrogens (tertiary/aromatic N) is 5. The second-order valence-corrected chi connectivity index (χ2v) is 53.6. The standard InChI is InChI=1S/2C13H25NO.C12H23NO2.2C12H23NO.2C12H25NO.C11H21NO.C10H19NO.C10H21NO.C9H15NO/c1-10(2)9-12-5-7-14(8-6-12)13(15)11(3)4;1-10(2)8-12-6-5-7-14(9-12)13(15)11(3)4;1-9(2)7-11-8-13(5-6-15-11)12(14)10(3)4;1-8(2)10-5-6-11(7-10)13-12(14)9(3)4;1-8(2)10-6-5-7-11(10)13-12(14)9(3)4;1-9(2)11(14)13(7)8-12(5,6)10(3)4;1-9(2)8-12(5,6)13(7)11(14)10(3)4;1-7(2)9-5-6-10(9)12-11(13)8(3)4;1-6(2)8-5-9(8)11-10(12)7(3)4;1-8(2)6-5-7-11-10(12)9(3)4;1-7(2)5-6-10-9(11)8(3)4/h2*10-12H,5-9H2,1-4H3;9-11H,5-8H2,1-4H3;2*8-11H,5-7H2,1-4H3,(H,13,14);2*9-10H,8H2,1-7H3;7-10H,5-6H2,1-4H3,(H,12,13);6-9H,5H2,1-4H3,(H,11,12);8-9H,5-7H2,1-4H3,(H,11,12);7-8H,1-4H3,(H,10,11). The summed E-state index contributed by atoms with van der Waals surface area (Å²) < 4.78 is 5.66. The van der Waals surface area contributed by atoms with Crippen molar-refractivity contribution in [2.24, 2.45) is 171 Å². The second-order valence-electron chi connectivity index (χ2n) is 53.6. The third-order valence-corrected chi connectivity index (χ3v) is 29.8. The van der Waals surface area contributed by atoms with Gasteiger partial charge in [-0.15, -0.1) is 0 Å². The summed E-state index contributed by atoms with van der Waals surface area (Å²) in [5.74, 6) is 18.2. The molecule has 4 aliphatic carbocycles. The topological polar surface area (TPSA) is 285 Å². The summed E-state index contributed by atoms with van der Waals surface area (Å²) in [6.07, 6.45) is 23.1. The number of rotatable bonds is 35. The van der Waals surface area contributed by atoms with Crippen molar-refractivity contribution in [1.29, 1.82) is 0 Å². The van der Waals surface area contributed by atoms with E-state index in [1.54, 1.807) is 0 Å². The summed E-state index contributed by atoms with van der Waals surface area (Å²) >= 11 is 0. The Kier molecular flexibility index (Phi) is 77.9. The maximum absolute atomic E-state index is 11.9. The number of hydrogen-bond acceptors (Lipinski definition) is 12. The molecule has 0 spiro atoms. The Morgan fingerprint density at radius 2 is 0.785 bits per heavy atom. The Morgan fingerprint density at radius 3 is 1.16 bits per heavy atom. The molecule has 0 radical (unpaired) electrons.